The number of rotatable bonds is 5. The molecule has 2 heterocycles. The molecule has 0 aliphatic heterocycles. The molecule has 2 rings (SSSR count). The number of aromatic nitrogens is 3. The first kappa shape index (κ1) is 12.1. The van der Waals surface area contributed by atoms with Gasteiger partial charge in [-0.2, -0.15) is 5.26 Å². The summed E-state index contributed by atoms with van der Waals surface area (Å²) in [6.07, 6.45) is 6.26. The van der Waals surface area contributed by atoms with Crippen LogP contribution in [0.2, 0.25) is 0 Å². The smallest absolute Gasteiger partial charge is 0.213 e. The fourth-order valence-electron chi connectivity index (χ4n) is 1.67. The van der Waals surface area contributed by atoms with Gasteiger partial charge in [-0.05, 0) is 18.6 Å². The Morgan fingerprint density at radius 3 is 3.06 bits per heavy atom. The average molecular weight is 241 g/mol. The van der Waals surface area contributed by atoms with E-state index in [1.165, 1.54) is 0 Å². The van der Waals surface area contributed by atoms with Gasteiger partial charge in [0.2, 0.25) is 5.82 Å². The van der Waals surface area contributed by atoms with Crippen LogP contribution in [-0.4, -0.2) is 21.1 Å². The van der Waals surface area contributed by atoms with Gasteiger partial charge in [0.15, 0.2) is 0 Å². The molecular formula is C13H15N5. The molecule has 0 saturated carbocycles. The third kappa shape index (κ3) is 2.86. The zero-order chi connectivity index (χ0) is 12.8. The van der Waals surface area contributed by atoms with Gasteiger partial charge in [0.05, 0.1) is 12.2 Å². The van der Waals surface area contributed by atoms with Crippen LogP contribution in [0.15, 0.2) is 30.7 Å². The molecule has 0 fully saturated rings. The summed E-state index contributed by atoms with van der Waals surface area (Å²) in [5.74, 6) is 0.406. The highest BCUT2D eigenvalue weighted by Crippen LogP contribution is 2.10. The summed E-state index contributed by atoms with van der Waals surface area (Å²) in [7, 11) is 0. The number of pyridine rings is 1. The highest BCUT2D eigenvalue weighted by molar-refractivity contribution is 5.43. The van der Waals surface area contributed by atoms with Crippen LogP contribution >= 0.6 is 0 Å². The van der Waals surface area contributed by atoms with Crippen molar-refractivity contribution >= 4 is 5.69 Å². The van der Waals surface area contributed by atoms with Crippen LogP contribution in [0.4, 0.5) is 5.69 Å². The van der Waals surface area contributed by atoms with Gasteiger partial charge in [-0.25, -0.2) is 4.98 Å². The Morgan fingerprint density at radius 1 is 1.39 bits per heavy atom. The summed E-state index contributed by atoms with van der Waals surface area (Å²) in [6.45, 7) is 3.63. The van der Waals surface area contributed by atoms with Gasteiger partial charge in [0.25, 0.3) is 0 Å². The van der Waals surface area contributed by atoms with Crippen molar-refractivity contribution in [2.75, 3.05) is 11.9 Å². The predicted molar refractivity (Wildman–Crippen MR) is 69.1 cm³/mol. The van der Waals surface area contributed by atoms with Gasteiger partial charge in [-0.1, -0.05) is 6.92 Å². The minimum Gasteiger partial charge on any atom is -0.385 e. The van der Waals surface area contributed by atoms with Crippen LogP contribution in [0.3, 0.4) is 0 Å². The molecule has 18 heavy (non-hydrogen) atoms. The second kappa shape index (κ2) is 5.82. The molecule has 2 aromatic heterocycles. The molecule has 0 amide bonds. The Bertz CT molecular complexity index is 553. The fraction of sp³-hybridized carbons (Fsp3) is 0.308. The van der Waals surface area contributed by atoms with Crippen LogP contribution in [0, 0.1) is 11.3 Å². The molecule has 0 bridgehead atoms. The molecular weight excluding hydrogens is 226 g/mol. The molecule has 0 aromatic carbocycles. The quantitative estimate of drug-likeness (QED) is 0.869. The number of hydrogen-bond acceptors (Lipinski definition) is 4. The summed E-state index contributed by atoms with van der Waals surface area (Å²) in [5, 5.41) is 12.2. The van der Waals surface area contributed by atoms with Gasteiger partial charge >= 0.3 is 0 Å². The Labute approximate surface area is 106 Å². The van der Waals surface area contributed by atoms with E-state index in [1.807, 2.05) is 12.1 Å². The molecule has 92 valence electrons. The minimum absolute atomic E-state index is 0.406. The van der Waals surface area contributed by atoms with E-state index in [1.54, 1.807) is 23.2 Å². The lowest BCUT2D eigenvalue weighted by Gasteiger charge is -2.07. The van der Waals surface area contributed by atoms with Gasteiger partial charge in [-0.3, -0.25) is 4.98 Å². The van der Waals surface area contributed by atoms with Crippen LogP contribution in [0.25, 0.3) is 0 Å². The Kier molecular flexibility index (Phi) is 3.92. The standard InChI is InChI=1S/C13H15N5/c1-2-4-15-11-3-5-16-12(8-11)10-18-7-6-17-13(18)9-14/h3,5-8H,2,4,10H2,1H3,(H,15,16). The van der Waals surface area contributed by atoms with Crippen LogP contribution < -0.4 is 5.32 Å². The summed E-state index contributed by atoms with van der Waals surface area (Å²) < 4.78 is 1.78. The van der Waals surface area contributed by atoms with Crippen molar-refractivity contribution in [2.24, 2.45) is 0 Å². The summed E-state index contributed by atoms with van der Waals surface area (Å²) in [6, 6.07) is 5.99. The van der Waals surface area contributed by atoms with E-state index in [-0.39, 0.29) is 0 Å². The fourth-order valence-corrected chi connectivity index (χ4v) is 1.67. The van der Waals surface area contributed by atoms with Crippen molar-refractivity contribution in [3.8, 4) is 6.07 Å². The van der Waals surface area contributed by atoms with Crippen LogP contribution in [-0.2, 0) is 6.54 Å². The Hall–Kier alpha value is -2.35. The lowest BCUT2D eigenvalue weighted by molar-refractivity contribution is 0.760. The van der Waals surface area contributed by atoms with Crippen molar-refractivity contribution < 1.29 is 0 Å². The van der Waals surface area contributed by atoms with Gasteiger partial charge in [0.1, 0.15) is 6.07 Å². The van der Waals surface area contributed by atoms with E-state index in [4.69, 9.17) is 5.26 Å². The van der Waals surface area contributed by atoms with E-state index in [0.29, 0.717) is 12.4 Å². The molecule has 0 aliphatic carbocycles. The second-order valence-electron chi connectivity index (χ2n) is 3.95. The maximum Gasteiger partial charge on any atom is 0.213 e. The molecule has 0 saturated heterocycles. The maximum atomic E-state index is 8.89. The number of anilines is 1. The summed E-state index contributed by atoms with van der Waals surface area (Å²) >= 11 is 0. The molecule has 0 unspecified atom stereocenters. The number of nitrogens with zero attached hydrogens (tertiary/aromatic N) is 4. The third-order valence-electron chi connectivity index (χ3n) is 2.54. The monoisotopic (exact) mass is 241 g/mol. The highest BCUT2D eigenvalue weighted by atomic mass is 15.1. The van der Waals surface area contributed by atoms with E-state index >= 15 is 0 Å². The summed E-state index contributed by atoms with van der Waals surface area (Å²) in [5.41, 5.74) is 1.96. The van der Waals surface area contributed by atoms with E-state index in [0.717, 1.165) is 24.3 Å². The molecule has 1 N–H and O–H groups in total. The van der Waals surface area contributed by atoms with Crippen LogP contribution in [0.5, 0.6) is 0 Å². The van der Waals surface area contributed by atoms with Gasteiger partial charge in [0, 0.05) is 30.8 Å². The number of imidazole rings is 1. The predicted octanol–water partition coefficient (Wildman–Crippen LogP) is 2.02. The average Bonchev–Trinajstić information content (AvgIpc) is 2.84. The molecule has 0 atom stereocenters. The van der Waals surface area contributed by atoms with Crippen molar-refractivity contribution in [1.82, 2.24) is 14.5 Å². The molecule has 5 nitrogen and oxygen atoms in total. The minimum atomic E-state index is 0.406. The SMILES string of the molecule is CCCNc1ccnc(Cn2ccnc2C#N)c1. The first-order chi connectivity index (χ1) is 8.83. The Morgan fingerprint density at radius 2 is 2.28 bits per heavy atom. The van der Waals surface area contributed by atoms with Crippen molar-refractivity contribution in [1.29, 1.82) is 5.26 Å². The highest BCUT2D eigenvalue weighted by Gasteiger charge is 2.03. The third-order valence-corrected chi connectivity index (χ3v) is 2.54. The topological polar surface area (TPSA) is 66.5 Å². The molecule has 5 heteroatoms. The maximum absolute atomic E-state index is 8.89. The van der Waals surface area contributed by atoms with Gasteiger partial charge < -0.3 is 9.88 Å². The zero-order valence-electron chi connectivity index (χ0n) is 10.3. The first-order valence-corrected chi connectivity index (χ1v) is 5.93. The molecule has 0 spiro atoms. The van der Waals surface area contributed by atoms with Crippen LogP contribution in [0.1, 0.15) is 24.9 Å². The van der Waals surface area contributed by atoms with Crippen molar-refractivity contribution in [3.05, 3.63) is 42.2 Å². The zero-order valence-corrected chi connectivity index (χ0v) is 10.3. The molecule has 0 radical (unpaired) electrons. The largest absolute Gasteiger partial charge is 0.385 e. The summed E-state index contributed by atoms with van der Waals surface area (Å²) in [4.78, 5) is 8.26. The number of nitriles is 1. The van der Waals surface area contributed by atoms with Gasteiger partial charge in [-0.15, -0.1) is 0 Å². The lowest BCUT2D eigenvalue weighted by atomic mass is 10.3. The number of nitrogens with one attached hydrogen (secondary N) is 1. The molecule has 0 aliphatic rings. The van der Waals surface area contributed by atoms with Crippen molar-refractivity contribution in [2.45, 2.75) is 19.9 Å². The van der Waals surface area contributed by atoms with E-state index in [9.17, 15) is 0 Å². The number of hydrogen-bond donors (Lipinski definition) is 1. The lowest BCUT2D eigenvalue weighted by Crippen LogP contribution is -2.05. The Balaban J connectivity index is 2.12. The van der Waals surface area contributed by atoms with E-state index < -0.39 is 0 Å². The van der Waals surface area contributed by atoms with Crippen molar-refractivity contribution in [3.63, 3.8) is 0 Å². The van der Waals surface area contributed by atoms with E-state index in [2.05, 4.69) is 28.3 Å². The second-order valence-corrected chi connectivity index (χ2v) is 3.95. The molecule has 2 aromatic rings. The normalized spacial score (nSPS) is 10.0. The first-order valence-electron chi connectivity index (χ1n) is 5.93.